The number of rotatable bonds is 2. The molecule has 1 heterocycles. The van der Waals surface area contributed by atoms with Gasteiger partial charge in [-0.3, -0.25) is 0 Å². The average Bonchev–Trinajstić information content (AvgIpc) is 2.06. The lowest BCUT2D eigenvalue weighted by Crippen LogP contribution is -2.04. The quantitative estimate of drug-likeness (QED) is 0.618. The largest absolute Gasteiger partial charge is 0.279 e. The maximum Gasteiger partial charge on any atom is 0.279 e. The fraction of sp³-hybridized carbons (Fsp3) is 0.167. The van der Waals surface area contributed by atoms with Crippen LogP contribution in [-0.4, -0.2) is 13.4 Å². The Labute approximate surface area is 92.2 Å². The summed E-state index contributed by atoms with van der Waals surface area (Å²) in [6.07, 6.45) is -3.17. The summed E-state index contributed by atoms with van der Waals surface area (Å²) >= 11 is 5.17. The van der Waals surface area contributed by atoms with E-state index in [0.29, 0.717) is 6.07 Å². The van der Waals surface area contributed by atoms with E-state index in [0.717, 1.165) is 0 Å². The van der Waals surface area contributed by atoms with Crippen molar-refractivity contribution in [2.75, 3.05) is 0 Å². The average molecular weight is 280 g/mol. The van der Waals surface area contributed by atoms with E-state index in [9.17, 15) is 21.6 Å². The van der Waals surface area contributed by atoms with Crippen molar-refractivity contribution in [1.82, 2.24) is 4.98 Å². The summed E-state index contributed by atoms with van der Waals surface area (Å²) in [5.41, 5.74) is -1.03. The van der Waals surface area contributed by atoms with E-state index < -0.39 is 37.0 Å². The van der Waals surface area contributed by atoms with Crippen LogP contribution in [0.1, 0.15) is 12.0 Å². The van der Waals surface area contributed by atoms with E-state index in [1.807, 2.05) is 0 Å². The molecule has 0 aliphatic carbocycles. The lowest BCUT2D eigenvalue weighted by molar-refractivity contribution is 0.146. The zero-order chi connectivity index (χ0) is 11.8. The summed E-state index contributed by atoms with van der Waals surface area (Å²) < 4.78 is 59.0. The van der Waals surface area contributed by atoms with Crippen LogP contribution in [0.3, 0.4) is 0 Å². The number of hydrogen-bond donors (Lipinski definition) is 0. The number of pyridine rings is 1. The van der Waals surface area contributed by atoms with Crippen LogP contribution in [0.5, 0.6) is 0 Å². The van der Waals surface area contributed by atoms with Gasteiger partial charge in [0, 0.05) is 10.7 Å². The first kappa shape index (κ1) is 12.5. The van der Waals surface area contributed by atoms with Gasteiger partial charge in [-0.05, 0) is 6.07 Å². The van der Waals surface area contributed by atoms with Crippen molar-refractivity contribution in [2.24, 2.45) is 0 Å². The van der Waals surface area contributed by atoms with Crippen molar-refractivity contribution in [3.8, 4) is 0 Å². The number of nitrogens with zero attached hydrogens (tertiary/aromatic N) is 1. The third-order valence-corrected chi connectivity index (χ3v) is 2.88. The molecule has 0 unspecified atom stereocenters. The first-order valence-electron chi connectivity index (χ1n) is 3.32. The van der Waals surface area contributed by atoms with Crippen molar-refractivity contribution in [3.05, 3.63) is 22.6 Å². The minimum Gasteiger partial charge on any atom is -0.205 e. The molecule has 15 heavy (non-hydrogen) atoms. The van der Waals surface area contributed by atoms with Gasteiger partial charge in [-0.15, -0.1) is 0 Å². The third kappa shape index (κ3) is 2.73. The van der Waals surface area contributed by atoms with Crippen molar-refractivity contribution >= 4 is 31.3 Å². The van der Waals surface area contributed by atoms with E-state index >= 15 is 0 Å². The summed E-state index contributed by atoms with van der Waals surface area (Å²) in [7, 11) is 0.263. The number of aromatic nitrogens is 1. The fourth-order valence-electron chi connectivity index (χ4n) is 0.817. The summed E-state index contributed by atoms with van der Waals surface area (Å²) in [4.78, 5) is 2.77. The second kappa shape index (κ2) is 4.15. The molecule has 0 aliphatic rings. The van der Waals surface area contributed by atoms with Crippen LogP contribution in [0.4, 0.5) is 13.2 Å². The molecule has 3 nitrogen and oxygen atoms in total. The molecule has 0 saturated heterocycles. The summed E-state index contributed by atoms with van der Waals surface area (Å²) in [6.45, 7) is 0. The highest BCUT2D eigenvalue weighted by atomic mass is 35.7. The van der Waals surface area contributed by atoms with Gasteiger partial charge in [0.25, 0.3) is 15.5 Å². The summed E-state index contributed by atoms with van der Waals surface area (Å²) in [5, 5.41) is -1.92. The molecule has 1 aromatic rings. The van der Waals surface area contributed by atoms with E-state index in [2.05, 4.69) is 4.98 Å². The van der Waals surface area contributed by atoms with Gasteiger partial charge < -0.3 is 0 Å². The van der Waals surface area contributed by atoms with Gasteiger partial charge in [-0.25, -0.2) is 22.2 Å². The summed E-state index contributed by atoms with van der Waals surface area (Å²) in [6, 6.07) is 0.476. The first-order valence-corrected chi connectivity index (χ1v) is 6.01. The Kier molecular flexibility index (Phi) is 3.47. The molecule has 0 aromatic carbocycles. The molecule has 0 saturated carbocycles. The van der Waals surface area contributed by atoms with Crippen LogP contribution < -0.4 is 0 Å². The summed E-state index contributed by atoms with van der Waals surface area (Å²) in [5.74, 6) is -1.37. The van der Waals surface area contributed by atoms with Crippen molar-refractivity contribution < 1.29 is 21.6 Å². The Balaban J connectivity index is 3.56. The van der Waals surface area contributed by atoms with E-state index in [4.69, 9.17) is 22.3 Å². The number of alkyl halides is 2. The predicted molar refractivity (Wildman–Crippen MR) is 47.2 cm³/mol. The molecule has 0 aliphatic heterocycles. The maximum atomic E-state index is 12.7. The Morgan fingerprint density at radius 1 is 1.40 bits per heavy atom. The van der Waals surface area contributed by atoms with Crippen LogP contribution >= 0.6 is 22.3 Å². The van der Waals surface area contributed by atoms with Crippen LogP contribution in [0.15, 0.2) is 11.1 Å². The van der Waals surface area contributed by atoms with Gasteiger partial charge >= 0.3 is 0 Å². The standard InChI is InChI=1S/C6H2Cl2F3NO2S/c7-3-1-2(4(9)10)6(12-5(3)11)15(8,13)14/h1,4H. The highest BCUT2D eigenvalue weighted by Crippen LogP contribution is 2.30. The Morgan fingerprint density at radius 3 is 2.33 bits per heavy atom. The van der Waals surface area contributed by atoms with Crippen molar-refractivity contribution in [3.63, 3.8) is 0 Å². The van der Waals surface area contributed by atoms with Crippen LogP contribution in [0.25, 0.3) is 0 Å². The zero-order valence-corrected chi connectivity index (χ0v) is 9.04. The van der Waals surface area contributed by atoms with Gasteiger partial charge in [-0.2, -0.15) is 4.39 Å². The van der Waals surface area contributed by atoms with Crippen molar-refractivity contribution in [2.45, 2.75) is 11.5 Å². The van der Waals surface area contributed by atoms with Gasteiger partial charge in [0.15, 0.2) is 5.03 Å². The molecule has 0 bridgehead atoms. The maximum absolute atomic E-state index is 12.7. The normalized spacial score (nSPS) is 12.1. The van der Waals surface area contributed by atoms with Gasteiger partial charge in [0.1, 0.15) is 0 Å². The molecule has 0 radical (unpaired) electrons. The Hall–Kier alpha value is -0.530. The zero-order valence-electron chi connectivity index (χ0n) is 6.72. The predicted octanol–water partition coefficient (Wildman–Crippen LogP) is 2.74. The molecule has 0 N–H and O–H groups in total. The molecule has 1 rings (SSSR count). The minimum atomic E-state index is -4.54. The molecular weight excluding hydrogens is 278 g/mol. The highest BCUT2D eigenvalue weighted by Gasteiger charge is 2.25. The lowest BCUT2D eigenvalue weighted by Gasteiger charge is -2.05. The Bertz CT molecular complexity index is 491. The Morgan fingerprint density at radius 2 is 1.93 bits per heavy atom. The number of halogens is 5. The van der Waals surface area contributed by atoms with Crippen molar-refractivity contribution in [1.29, 1.82) is 0 Å². The topological polar surface area (TPSA) is 47.0 Å². The molecule has 0 fully saturated rings. The van der Waals surface area contributed by atoms with Gasteiger partial charge in [-0.1, -0.05) is 11.6 Å². The fourth-order valence-corrected chi connectivity index (χ4v) is 1.97. The second-order valence-electron chi connectivity index (χ2n) is 2.39. The SMILES string of the molecule is O=S(=O)(Cl)c1nc(F)c(Cl)cc1C(F)F. The van der Waals surface area contributed by atoms with Gasteiger partial charge in [0.05, 0.1) is 10.6 Å². The molecule has 0 spiro atoms. The van der Waals surface area contributed by atoms with Crippen LogP contribution in [0.2, 0.25) is 5.02 Å². The van der Waals surface area contributed by atoms with E-state index in [1.54, 1.807) is 0 Å². The number of hydrogen-bond acceptors (Lipinski definition) is 3. The first-order chi connectivity index (χ1) is 6.73. The molecule has 9 heteroatoms. The van der Waals surface area contributed by atoms with Gasteiger partial charge in [0.2, 0.25) is 5.95 Å². The van der Waals surface area contributed by atoms with Crippen LogP contribution in [0, 0.1) is 5.95 Å². The van der Waals surface area contributed by atoms with E-state index in [-0.39, 0.29) is 0 Å². The second-order valence-corrected chi connectivity index (χ2v) is 5.28. The third-order valence-electron chi connectivity index (χ3n) is 1.39. The highest BCUT2D eigenvalue weighted by molar-refractivity contribution is 8.13. The molecule has 0 atom stereocenters. The molecule has 1 aromatic heterocycles. The van der Waals surface area contributed by atoms with E-state index in [1.165, 1.54) is 0 Å². The molecular formula is C6H2Cl2F3NO2S. The molecule has 84 valence electrons. The molecule has 0 amide bonds. The smallest absolute Gasteiger partial charge is 0.205 e. The monoisotopic (exact) mass is 279 g/mol. The lowest BCUT2D eigenvalue weighted by atomic mass is 10.3. The van der Waals surface area contributed by atoms with Crippen LogP contribution in [-0.2, 0) is 9.05 Å². The minimum absolute atomic E-state index is 0.476.